The first kappa shape index (κ1) is 19.6. The standard InChI is InChI=1S/C16H22Cl2N2O.ClH/c1-11(14-10-13(17)3-4-15(14)18)20-16(21)5-2-12-6-8-19-9-7-12;/h3-4,10-12,19H,2,5-9H2,1H3,(H,20,21);1H. The summed E-state index contributed by atoms with van der Waals surface area (Å²) in [5.74, 6) is 0.749. The number of amides is 1. The molecule has 2 rings (SSSR count). The van der Waals surface area contributed by atoms with Crippen LogP contribution in [0.15, 0.2) is 18.2 Å². The molecule has 124 valence electrons. The van der Waals surface area contributed by atoms with Gasteiger partial charge in [-0.2, -0.15) is 0 Å². The molecular weight excluding hydrogens is 343 g/mol. The minimum atomic E-state index is -0.128. The molecule has 22 heavy (non-hydrogen) atoms. The Labute approximate surface area is 148 Å². The number of halogens is 3. The fourth-order valence-corrected chi connectivity index (χ4v) is 3.21. The SMILES string of the molecule is CC(NC(=O)CCC1CCNCC1)c1cc(Cl)ccc1Cl.Cl. The van der Waals surface area contributed by atoms with E-state index in [0.717, 1.165) is 25.1 Å². The van der Waals surface area contributed by atoms with E-state index >= 15 is 0 Å². The Morgan fingerprint density at radius 1 is 1.36 bits per heavy atom. The van der Waals surface area contributed by atoms with Crippen molar-refractivity contribution in [1.82, 2.24) is 10.6 Å². The van der Waals surface area contributed by atoms with E-state index in [0.29, 0.717) is 22.4 Å². The van der Waals surface area contributed by atoms with Crippen LogP contribution in [0.1, 0.15) is 44.2 Å². The molecule has 1 amide bonds. The first-order valence-corrected chi connectivity index (χ1v) is 8.27. The van der Waals surface area contributed by atoms with Crippen LogP contribution < -0.4 is 10.6 Å². The van der Waals surface area contributed by atoms with Gasteiger partial charge in [-0.3, -0.25) is 4.79 Å². The number of piperidine rings is 1. The van der Waals surface area contributed by atoms with Crippen molar-refractivity contribution in [3.63, 3.8) is 0 Å². The van der Waals surface area contributed by atoms with E-state index in [-0.39, 0.29) is 24.4 Å². The zero-order valence-corrected chi connectivity index (χ0v) is 15.0. The summed E-state index contributed by atoms with van der Waals surface area (Å²) in [5.41, 5.74) is 0.861. The molecule has 3 nitrogen and oxygen atoms in total. The first-order chi connectivity index (χ1) is 10.1. The van der Waals surface area contributed by atoms with Crippen LogP contribution in [0.5, 0.6) is 0 Å². The number of benzene rings is 1. The van der Waals surface area contributed by atoms with E-state index in [1.807, 2.05) is 13.0 Å². The molecule has 0 bridgehead atoms. The van der Waals surface area contributed by atoms with Crippen LogP contribution in [-0.2, 0) is 4.79 Å². The van der Waals surface area contributed by atoms with Crippen molar-refractivity contribution in [1.29, 1.82) is 0 Å². The first-order valence-electron chi connectivity index (χ1n) is 7.51. The highest BCUT2D eigenvalue weighted by Gasteiger charge is 2.17. The second-order valence-corrected chi connectivity index (χ2v) is 6.53. The second-order valence-electron chi connectivity index (χ2n) is 5.69. The lowest BCUT2D eigenvalue weighted by Crippen LogP contribution is -2.30. The third-order valence-corrected chi connectivity index (χ3v) is 4.62. The zero-order chi connectivity index (χ0) is 15.2. The summed E-state index contributed by atoms with van der Waals surface area (Å²) in [4.78, 5) is 12.1. The molecule has 1 aromatic carbocycles. The normalized spacial score (nSPS) is 16.7. The van der Waals surface area contributed by atoms with Gasteiger partial charge in [-0.1, -0.05) is 23.2 Å². The highest BCUT2D eigenvalue weighted by Crippen LogP contribution is 2.26. The van der Waals surface area contributed by atoms with Gasteiger partial charge in [0.2, 0.25) is 5.91 Å². The lowest BCUT2D eigenvalue weighted by atomic mass is 9.93. The number of nitrogens with one attached hydrogen (secondary N) is 2. The largest absolute Gasteiger partial charge is 0.350 e. The van der Waals surface area contributed by atoms with E-state index in [9.17, 15) is 4.79 Å². The van der Waals surface area contributed by atoms with Gasteiger partial charge in [0.15, 0.2) is 0 Å². The second kappa shape index (κ2) is 9.61. The fraction of sp³-hybridized carbons (Fsp3) is 0.562. The quantitative estimate of drug-likeness (QED) is 0.813. The van der Waals surface area contributed by atoms with Gasteiger partial charge in [0.25, 0.3) is 0 Å². The highest BCUT2D eigenvalue weighted by molar-refractivity contribution is 6.33. The molecule has 0 spiro atoms. The minimum absolute atomic E-state index is 0. The molecule has 1 fully saturated rings. The van der Waals surface area contributed by atoms with Crippen LogP contribution in [0.25, 0.3) is 0 Å². The molecule has 1 aliphatic rings. The van der Waals surface area contributed by atoms with Crippen molar-refractivity contribution in [2.75, 3.05) is 13.1 Å². The maximum atomic E-state index is 12.1. The molecule has 1 unspecified atom stereocenters. The summed E-state index contributed by atoms with van der Waals surface area (Å²) in [6.07, 6.45) is 3.88. The molecule has 1 aliphatic heterocycles. The van der Waals surface area contributed by atoms with Gasteiger partial charge in [-0.25, -0.2) is 0 Å². The van der Waals surface area contributed by atoms with Crippen LogP contribution in [-0.4, -0.2) is 19.0 Å². The van der Waals surface area contributed by atoms with Crippen molar-refractivity contribution in [3.05, 3.63) is 33.8 Å². The fourth-order valence-electron chi connectivity index (χ4n) is 2.74. The Balaban J connectivity index is 0.00000242. The lowest BCUT2D eigenvalue weighted by Gasteiger charge is -2.22. The molecule has 1 saturated heterocycles. The molecule has 1 atom stereocenters. The zero-order valence-electron chi connectivity index (χ0n) is 12.7. The summed E-state index contributed by atoms with van der Waals surface area (Å²) < 4.78 is 0. The van der Waals surface area contributed by atoms with E-state index in [1.165, 1.54) is 12.8 Å². The van der Waals surface area contributed by atoms with E-state index in [4.69, 9.17) is 23.2 Å². The predicted octanol–water partition coefficient (Wildman–Crippen LogP) is 4.37. The van der Waals surface area contributed by atoms with Crippen LogP contribution in [0.3, 0.4) is 0 Å². The van der Waals surface area contributed by atoms with Crippen molar-refractivity contribution in [3.8, 4) is 0 Å². The summed E-state index contributed by atoms with van der Waals surface area (Å²) >= 11 is 12.1. The van der Waals surface area contributed by atoms with Crippen LogP contribution in [0.4, 0.5) is 0 Å². The number of carbonyl (C=O) groups is 1. The third-order valence-electron chi connectivity index (χ3n) is 4.04. The van der Waals surface area contributed by atoms with Gasteiger partial charge in [0.1, 0.15) is 0 Å². The van der Waals surface area contributed by atoms with Crippen molar-refractivity contribution in [2.24, 2.45) is 5.92 Å². The Bertz CT molecular complexity index is 490. The van der Waals surface area contributed by atoms with E-state index in [1.54, 1.807) is 12.1 Å². The van der Waals surface area contributed by atoms with Crippen LogP contribution >= 0.6 is 35.6 Å². The van der Waals surface area contributed by atoms with Gasteiger partial charge >= 0.3 is 0 Å². The smallest absolute Gasteiger partial charge is 0.220 e. The van der Waals surface area contributed by atoms with Crippen LogP contribution in [0.2, 0.25) is 10.0 Å². The monoisotopic (exact) mass is 364 g/mol. The van der Waals surface area contributed by atoms with E-state index in [2.05, 4.69) is 10.6 Å². The molecule has 0 saturated carbocycles. The highest BCUT2D eigenvalue weighted by atomic mass is 35.5. The van der Waals surface area contributed by atoms with Crippen molar-refractivity contribution in [2.45, 2.75) is 38.6 Å². The molecule has 1 heterocycles. The molecule has 2 N–H and O–H groups in total. The predicted molar refractivity (Wildman–Crippen MR) is 95.1 cm³/mol. The average molecular weight is 366 g/mol. The van der Waals surface area contributed by atoms with Crippen LogP contribution in [0, 0.1) is 5.92 Å². The molecule has 0 aromatic heterocycles. The Morgan fingerprint density at radius 2 is 2.05 bits per heavy atom. The molecule has 0 radical (unpaired) electrons. The summed E-state index contributed by atoms with van der Waals surface area (Å²) in [6, 6.07) is 5.19. The maximum Gasteiger partial charge on any atom is 0.220 e. The van der Waals surface area contributed by atoms with Crippen molar-refractivity contribution < 1.29 is 4.79 Å². The summed E-state index contributed by atoms with van der Waals surface area (Å²) in [6.45, 7) is 4.07. The number of carbonyl (C=O) groups excluding carboxylic acids is 1. The Kier molecular flexibility index (Phi) is 8.55. The van der Waals surface area contributed by atoms with E-state index < -0.39 is 0 Å². The van der Waals surface area contributed by atoms with Gasteiger partial charge < -0.3 is 10.6 Å². The van der Waals surface area contributed by atoms with Gasteiger partial charge in [-0.05, 0) is 69.0 Å². The number of rotatable bonds is 5. The lowest BCUT2D eigenvalue weighted by molar-refractivity contribution is -0.122. The summed E-state index contributed by atoms with van der Waals surface area (Å²) in [7, 11) is 0. The molecule has 1 aromatic rings. The molecule has 6 heteroatoms. The minimum Gasteiger partial charge on any atom is -0.350 e. The maximum absolute atomic E-state index is 12.1. The average Bonchev–Trinajstić information content (AvgIpc) is 2.48. The van der Waals surface area contributed by atoms with Gasteiger partial charge in [0, 0.05) is 16.5 Å². The Hall–Kier alpha value is -0.480. The topological polar surface area (TPSA) is 41.1 Å². The van der Waals surface area contributed by atoms with Gasteiger partial charge in [0.05, 0.1) is 6.04 Å². The molecular formula is C16H23Cl3N2O. The Morgan fingerprint density at radius 3 is 2.73 bits per heavy atom. The number of hydrogen-bond donors (Lipinski definition) is 2. The van der Waals surface area contributed by atoms with Crippen molar-refractivity contribution >= 4 is 41.5 Å². The molecule has 0 aliphatic carbocycles. The van der Waals surface area contributed by atoms with Gasteiger partial charge in [-0.15, -0.1) is 12.4 Å². The number of hydrogen-bond acceptors (Lipinski definition) is 2. The third kappa shape index (κ3) is 5.96. The summed E-state index contributed by atoms with van der Waals surface area (Å²) in [5, 5.41) is 7.61.